The highest BCUT2D eigenvalue weighted by atomic mass is 19.4. The molecule has 2 aromatic heterocycles. The summed E-state index contributed by atoms with van der Waals surface area (Å²) >= 11 is 0. The summed E-state index contributed by atoms with van der Waals surface area (Å²) < 4.78 is 55.5. The lowest BCUT2D eigenvalue weighted by Gasteiger charge is -2.36. The van der Waals surface area contributed by atoms with Gasteiger partial charge < -0.3 is 9.80 Å². The molecule has 2 aliphatic rings. The van der Waals surface area contributed by atoms with Gasteiger partial charge in [-0.15, -0.1) is 0 Å². The van der Waals surface area contributed by atoms with Crippen LogP contribution in [0.1, 0.15) is 40.0 Å². The number of nitrogens with zero attached hydrogens (tertiary/aromatic N) is 6. The van der Waals surface area contributed by atoms with Crippen LogP contribution in [0.5, 0.6) is 0 Å². The van der Waals surface area contributed by atoms with Gasteiger partial charge in [-0.05, 0) is 66.9 Å². The van der Waals surface area contributed by atoms with Crippen molar-refractivity contribution in [2.75, 3.05) is 18.0 Å². The van der Waals surface area contributed by atoms with Crippen LogP contribution in [-0.2, 0) is 17.4 Å². The molecule has 1 fully saturated rings. The molecule has 1 saturated heterocycles. The molecule has 2 amide bonds. The van der Waals surface area contributed by atoms with E-state index in [2.05, 4.69) is 16.2 Å². The third kappa shape index (κ3) is 4.87. The van der Waals surface area contributed by atoms with E-state index in [0.717, 1.165) is 17.3 Å². The van der Waals surface area contributed by atoms with Gasteiger partial charge in [-0.25, -0.2) is 9.07 Å². The van der Waals surface area contributed by atoms with Gasteiger partial charge in [-0.2, -0.15) is 23.5 Å². The number of piperidine rings is 1. The second kappa shape index (κ2) is 10.4. The van der Waals surface area contributed by atoms with E-state index in [4.69, 9.17) is 0 Å². The largest absolute Gasteiger partial charge is 0.419 e. The molecule has 0 spiro atoms. The number of likely N-dealkylation sites (tertiary alicyclic amines) is 1. The summed E-state index contributed by atoms with van der Waals surface area (Å²) in [5.41, 5.74) is 1.36. The lowest BCUT2D eigenvalue weighted by Crippen LogP contribution is -2.48. The molecule has 2 aliphatic heterocycles. The number of fused-ring (bicyclic) bond motifs is 1. The van der Waals surface area contributed by atoms with Crippen molar-refractivity contribution in [3.8, 4) is 23.0 Å². The molecule has 8 nitrogen and oxygen atoms in total. The number of rotatable bonds is 4. The predicted molar refractivity (Wildman–Crippen MR) is 143 cm³/mol. The molecule has 0 aliphatic carbocycles. The number of aromatic nitrogens is 3. The number of hydrogen-bond acceptors (Lipinski definition) is 5. The Morgan fingerprint density at radius 3 is 2.52 bits per heavy atom. The Balaban J connectivity index is 1.27. The molecule has 0 radical (unpaired) electrons. The molecule has 12 heteroatoms. The quantitative estimate of drug-likeness (QED) is 0.314. The summed E-state index contributed by atoms with van der Waals surface area (Å²) in [5, 5.41) is 13.6. The number of pyridine rings is 1. The number of hydrogen-bond donors (Lipinski definition) is 0. The van der Waals surface area contributed by atoms with Gasteiger partial charge in [-0.3, -0.25) is 14.6 Å². The number of benzene rings is 2. The fourth-order valence-electron chi connectivity index (χ4n) is 5.54. The summed E-state index contributed by atoms with van der Waals surface area (Å²) in [6.45, 7) is 0.648. The number of halogens is 4. The van der Waals surface area contributed by atoms with Gasteiger partial charge in [0.25, 0.3) is 5.91 Å². The lowest BCUT2D eigenvalue weighted by atomic mass is 10.0. The molecule has 0 saturated carbocycles. The van der Waals surface area contributed by atoms with Crippen LogP contribution in [0.2, 0.25) is 0 Å². The topological polar surface area (TPSA) is 95.1 Å². The standard InChI is InChI=1S/C30H22F4N6O2/c31-24-6-5-22(14-23(24)30(32,33)34)40-27(20-2-1-9-36-17-20)15-25(37-40)29(42)38-10-7-21(8-11-38)39-26-12-18(16-35)3-4-19(26)13-28(39)41/h1-6,9,12,14-15,17,21H,7-8,10-11,13H2. The van der Waals surface area contributed by atoms with Crippen LogP contribution in [0.15, 0.2) is 67.0 Å². The van der Waals surface area contributed by atoms with Crippen LogP contribution in [-0.4, -0.2) is 50.6 Å². The van der Waals surface area contributed by atoms with E-state index in [1.165, 1.54) is 29.2 Å². The van der Waals surface area contributed by atoms with E-state index in [9.17, 15) is 32.4 Å². The highest BCUT2D eigenvalue weighted by molar-refractivity contribution is 6.02. The highest BCUT2D eigenvalue weighted by Crippen LogP contribution is 2.36. The minimum Gasteiger partial charge on any atom is -0.337 e. The first-order chi connectivity index (χ1) is 20.1. The van der Waals surface area contributed by atoms with Crippen molar-refractivity contribution in [2.45, 2.75) is 31.5 Å². The Bertz CT molecular complexity index is 1740. The third-order valence-corrected chi connectivity index (χ3v) is 7.59. The smallest absolute Gasteiger partial charge is 0.337 e. The number of carbonyl (C=O) groups excluding carboxylic acids is 2. The van der Waals surface area contributed by atoms with Crippen LogP contribution < -0.4 is 4.90 Å². The Morgan fingerprint density at radius 1 is 1.05 bits per heavy atom. The van der Waals surface area contributed by atoms with E-state index >= 15 is 0 Å². The average molecular weight is 575 g/mol. The molecule has 2 aromatic carbocycles. The highest BCUT2D eigenvalue weighted by Gasteiger charge is 2.37. The van der Waals surface area contributed by atoms with Crippen LogP contribution >= 0.6 is 0 Å². The Morgan fingerprint density at radius 2 is 1.83 bits per heavy atom. The molecule has 0 unspecified atom stereocenters. The third-order valence-electron chi connectivity index (χ3n) is 7.59. The molecule has 6 rings (SSSR count). The van der Waals surface area contributed by atoms with E-state index in [1.807, 2.05) is 0 Å². The van der Waals surface area contributed by atoms with Crippen molar-refractivity contribution in [1.29, 1.82) is 5.26 Å². The normalized spacial score (nSPS) is 15.5. The van der Waals surface area contributed by atoms with Crippen molar-refractivity contribution < 1.29 is 27.2 Å². The Hall–Kier alpha value is -5.05. The second-order valence-electron chi connectivity index (χ2n) is 10.1. The SMILES string of the molecule is N#Cc1ccc2c(c1)N(C1CCN(C(=O)c3cc(-c4cccnc4)n(-c4ccc(F)c(C(F)(F)F)c4)n3)CC1)C(=O)C2. The minimum absolute atomic E-state index is 0.00597. The van der Waals surface area contributed by atoms with Gasteiger partial charge in [0.05, 0.1) is 35.0 Å². The van der Waals surface area contributed by atoms with Gasteiger partial charge in [0.2, 0.25) is 5.91 Å². The van der Waals surface area contributed by atoms with Crippen molar-refractivity contribution in [2.24, 2.45) is 0 Å². The maximum atomic E-state index is 14.0. The number of alkyl halides is 3. The van der Waals surface area contributed by atoms with Gasteiger partial charge in [0.15, 0.2) is 5.69 Å². The summed E-state index contributed by atoms with van der Waals surface area (Å²) in [7, 11) is 0. The van der Waals surface area contributed by atoms with Crippen molar-refractivity contribution in [1.82, 2.24) is 19.7 Å². The molecule has 4 aromatic rings. The van der Waals surface area contributed by atoms with E-state index in [1.54, 1.807) is 40.1 Å². The Labute approximate surface area is 237 Å². The van der Waals surface area contributed by atoms with Crippen molar-refractivity contribution >= 4 is 17.5 Å². The van der Waals surface area contributed by atoms with Crippen LogP contribution in [0.3, 0.4) is 0 Å². The molecular formula is C30H22F4N6O2. The molecule has 0 N–H and O–H groups in total. The maximum absolute atomic E-state index is 14.0. The van der Waals surface area contributed by atoms with Gasteiger partial charge in [-0.1, -0.05) is 6.07 Å². The lowest BCUT2D eigenvalue weighted by molar-refractivity contribution is -0.140. The van der Waals surface area contributed by atoms with E-state index in [-0.39, 0.29) is 29.8 Å². The predicted octanol–water partition coefficient (Wildman–Crippen LogP) is 5.16. The monoisotopic (exact) mass is 574 g/mol. The molecule has 0 bridgehead atoms. The first kappa shape index (κ1) is 27.1. The molecule has 42 heavy (non-hydrogen) atoms. The van der Waals surface area contributed by atoms with Crippen molar-refractivity contribution in [3.63, 3.8) is 0 Å². The van der Waals surface area contributed by atoms with Crippen LogP contribution in [0.4, 0.5) is 23.2 Å². The number of amides is 2. The summed E-state index contributed by atoms with van der Waals surface area (Å²) in [6.07, 6.45) is -0.644. The number of anilines is 1. The van der Waals surface area contributed by atoms with Gasteiger partial charge >= 0.3 is 6.18 Å². The molecule has 212 valence electrons. The summed E-state index contributed by atoms with van der Waals surface area (Å²) in [6, 6.07) is 14.5. The molecular weight excluding hydrogens is 552 g/mol. The number of carbonyl (C=O) groups is 2. The zero-order valence-electron chi connectivity index (χ0n) is 22.0. The van der Waals surface area contributed by atoms with Crippen LogP contribution in [0, 0.1) is 17.1 Å². The first-order valence-electron chi connectivity index (χ1n) is 13.2. The number of nitriles is 1. The zero-order valence-corrected chi connectivity index (χ0v) is 22.0. The van der Waals surface area contributed by atoms with Crippen molar-refractivity contribution in [3.05, 3.63) is 95.2 Å². The average Bonchev–Trinajstić information content (AvgIpc) is 3.57. The van der Waals surface area contributed by atoms with Gasteiger partial charge in [0.1, 0.15) is 5.82 Å². The zero-order chi connectivity index (χ0) is 29.6. The fraction of sp³-hybridized carbons (Fsp3) is 0.233. The van der Waals surface area contributed by atoms with E-state index < -0.39 is 23.5 Å². The Kier molecular flexibility index (Phi) is 6.73. The maximum Gasteiger partial charge on any atom is 0.419 e. The van der Waals surface area contributed by atoms with Crippen LogP contribution in [0.25, 0.3) is 16.9 Å². The minimum atomic E-state index is -4.92. The summed E-state index contributed by atoms with van der Waals surface area (Å²) in [4.78, 5) is 33.8. The second-order valence-corrected chi connectivity index (χ2v) is 10.1. The molecule has 4 heterocycles. The van der Waals surface area contributed by atoms with E-state index in [0.29, 0.717) is 48.8 Å². The summed E-state index contributed by atoms with van der Waals surface area (Å²) in [5.74, 6) is -1.89. The molecule has 0 atom stereocenters. The van der Waals surface area contributed by atoms with Gasteiger partial charge in [0, 0.05) is 42.8 Å². The first-order valence-corrected chi connectivity index (χ1v) is 13.2. The fourth-order valence-corrected chi connectivity index (χ4v) is 5.54.